The van der Waals surface area contributed by atoms with E-state index in [4.69, 9.17) is 9.47 Å². The second kappa shape index (κ2) is 9.46. The predicted octanol–water partition coefficient (Wildman–Crippen LogP) is 4.59. The molecule has 3 aromatic carbocycles. The van der Waals surface area contributed by atoms with Gasteiger partial charge in [-0.2, -0.15) is 0 Å². The molecule has 0 N–H and O–H groups in total. The molecule has 0 spiro atoms. The predicted molar refractivity (Wildman–Crippen MR) is 118 cm³/mol. The van der Waals surface area contributed by atoms with Crippen LogP contribution >= 0.6 is 0 Å². The van der Waals surface area contributed by atoms with Crippen LogP contribution in [0.1, 0.15) is 15.9 Å². The second-order valence-electron chi connectivity index (χ2n) is 7.30. The molecule has 0 atom stereocenters. The third-order valence-electron chi connectivity index (χ3n) is 5.19. The maximum atomic E-state index is 13.3. The lowest BCUT2D eigenvalue weighted by Crippen LogP contribution is -2.37. The third kappa shape index (κ3) is 4.63. The first-order chi connectivity index (χ1) is 14.7. The van der Waals surface area contributed by atoms with E-state index in [1.165, 1.54) is 0 Å². The number of hydrogen-bond donors (Lipinski definition) is 0. The van der Waals surface area contributed by atoms with E-state index < -0.39 is 0 Å². The summed E-state index contributed by atoms with van der Waals surface area (Å²) in [4.78, 5) is 17.3. The minimum atomic E-state index is -0.0710. The molecule has 0 radical (unpaired) electrons. The first kappa shape index (κ1) is 20.0. The smallest absolute Gasteiger partial charge is 0.257 e. The number of carbonyl (C=O) groups is 1. The van der Waals surface area contributed by atoms with Crippen LogP contribution in [0, 0.1) is 0 Å². The summed E-state index contributed by atoms with van der Waals surface area (Å²) >= 11 is 0. The highest BCUT2D eigenvalue weighted by Crippen LogP contribution is 2.27. The molecule has 1 heterocycles. The lowest BCUT2D eigenvalue weighted by atomic mass is 10.1. The van der Waals surface area contributed by atoms with Crippen molar-refractivity contribution >= 4 is 11.6 Å². The lowest BCUT2D eigenvalue weighted by Gasteiger charge is -2.31. The van der Waals surface area contributed by atoms with Crippen molar-refractivity contribution in [3.8, 4) is 11.5 Å². The van der Waals surface area contributed by atoms with Gasteiger partial charge < -0.3 is 19.3 Å². The quantitative estimate of drug-likeness (QED) is 0.605. The van der Waals surface area contributed by atoms with Crippen molar-refractivity contribution in [2.24, 2.45) is 0 Å². The van der Waals surface area contributed by atoms with Crippen LogP contribution in [0.2, 0.25) is 0 Å². The van der Waals surface area contributed by atoms with Crippen LogP contribution in [0.25, 0.3) is 0 Å². The molecule has 4 rings (SSSR count). The molecule has 0 aromatic heterocycles. The van der Waals surface area contributed by atoms with Crippen molar-refractivity contribution in [1.82, 2.24) is 4.90 Å². The zero-order valence-corrected chi connectivity index (χ0v) is 17.2. The summed E-state index contributed by atoms with van der Waals surface area (Å²) < 4.78 is 11.5. The van der Waals surface area contributed by atoms with Crippen LogP contribution in [0.3, 0.4) is 0 Å². The van der Waals surface area contributed by atoms with E-state index in [9.17, 15) is 4.79 Å². The summed E-state index contributed by atoms with van der Waals surface area (Å²) in [6.45, 7) is 3.71. The molecule has 5 heteroatoms. The van der Waals surface area contributed by atoms with Crippen LogP contribution in [0.15, 0.2) is 78.9 Å². The Balaban J connectivity index is 1.53. The minimum Gasteiger partial charge on any atom is -0.457 e. The highest BCUT2D eigenvalue weighted by molar-refractivity contribution is 5.97. The summed E-state index contributed by atoms with van der Waals surface area (Å²) in [6, 6.07) is 25.2. The first-order valence-electron chi connectivity index (χ1n) is 10.2. The Morgan fingerprint density at radius 3 is 2.40 bits per heavy atom. The topological polar surface area (TPSA) is 42.0 Å². The molecule has 3 aromatic rings. The molecule has 1 amide bonds. The number of amides is 1. The number of hydrogen-bond acceptors (Lipinski definition) is 4. The third-order valence-corrected chi connectivity index (χ3v) is 5.19. The molecule has 1 aliphatic rings. The summed E-state index contributed by atoms with van der Waals surface area (Å²) in [5.74, 6) is 1.19. The molecule has 1 saturated heterocycles. The van der Waals surface area contributed by atoms with E-state index in [0.29, 0.717) is 23.6 Å². The van der Waals surface area contributed by atoms with E-state index in [1.807, 2.05) is 73.8 Å². The Bertz CT molecular complexity index is 984. The molecular formula is C25H26N2O3. The van der Waals surface area contributed by atoms with Crippen molar-refractivity contribution < 1.29 is 14.3 Å². The van der Waals surface area contributed by atoms with Gasteiger partial charge in [0.15, 0.2) is 0 Å². The highest BCUT2D eigenvalue weighted by atomic mass is 16.5. The van der Waals surface area contributed by atoms with Gasteiger partial charge in [-0.3, -0.25) is 4.79 Å². The molecule has 0 bridgehead atoms. The molecular weight excluding hydrogens is 376 g/mol. The SMILES string of the molecule is CN(Cc1ccccc1N1CCOCC1)C(=O)c1ccccc1Oc1ccccc1. The molecule has 154 valence electrons. The van der Waals surface area contributed by atoms with E-state index in [-0.39, 0.29) is 5.91 Å². The zero-order valence-electron chi connectivity index (χ0n) is 17.2. The van der Waals surface area contributed by atoms with Crippen LogP contribution in [0.5, 0.6) is 11.5 Å². The number of rotatable bonds is 6. The highest BCUT2D eigenvalue weighted by Gasteiger charge is 2.20. The number of morpholine rings is 1. The van der Waals surface area contributed by atoms with Crippen molar-refractivity contribution in [1.29, 1.82) is 0 Å². The molecule has 0 aliphatic carbocycles. The van der Waals surface area contributed by atoms with Gasteiger partial charge in [-0.15, -0.1) is 0 Å². The average molecular weight is 402 g/mol. The Kier molecular flexibility index (Phi) is 6.30. The number of anilines is 1. The summed E-state index contributed by atoms with van der Waals surface area (Å²) in [7, 11) is 1.83. The molecule has 1 aliphatic heterocycles. The van der Waals surface area contributed by atoms with Crippen LogP contribution in [-0.2, 0) is 11.3 Å². The van der Waals surface area contributed by atoms with Gasteiger partial charge in [0.1, 0.15) is 11.5 Å². The first-order valence-corrected chi connectivity index (χ1v) is 10.2. The maximum absolute atomic E-state index is 13.3. The maximum Gasteiger partial charge on any atom is 0.257 e. The largest absolute Gasteiger partial charge is 0.457 e. The fraction of sp³-hybridized carbons (Fsp3) is 0.240. The van der Waals surface area contributed by atoms with Gasteiger partial charge in [0.05, 0.1) is 18.8 Å². The van der Waals surface area contributed by atoms with E-state index in [0.717, 1.165) is 37.6 Å². The number of carbonyl (C=O) groups excluding carboxylic acids is 1. The molecule has 0 saturated carbocycles. The van der Waals surface area contributed by atoms with Gasteiger partial charge in [0.25, 0.3) is 5.91 Å². The van der Waals surface area contributed by atoms with Crippen LogP contribution in [-0.4, -0.2) is 44.2 Å². The molecule has 30 heavy (non-hydrogen) atoms. The molecule has 5 nitrogen and oxygen atoms in total. The zero-order chi connectivity index (χ0) is 20.8. The molecule has 0 unspecified atom stereocenters. The summed E-state index contributed by atoms with van der Waals surface area (Å²) in [5.41, 5.74) is 2.83. The number of para-hydroxylation sites is 3. The van der Waals surface area contributed by atoms with Gasteiger partial charge in [0, 0.05) is 32.4 Å². The minimum absolute atomic E-state index is 0.0710. The number of ether oxygens (including phenoxy) is 2. The number of benzene rings is 3. The van der Waals surface area contributed by atoms with Crippen molar-refractivity contribution in [3.05, 3.63) is 90.0 Å². The van der Waals surface area contributed by atoms with Crippen molar-refractivity contribution in [2.75, 3.05) is 38.3 Å². The van der Waals surface area contributed by atoms with Gasteiger partial charge in [-0.05, 0) is 35.9 Å². The van der Waals surface area contributed by atoms with Crippen LogP contribution < -0.4 is 9.64 Å². The van der Waals surface area contributed by atoms with Crippen molar-refractivity contribution in [2.45, 2.75) is 6.54 Å². The Hall–Kier alpha value is -3.31. The Morgan fingerprint density at radius 2 is 1.60 bits per heavy atom. The summed E-state index contributed by atoms with van der Waals surface area (Å²) in [5, 5.41) is 0. The van der Waals surface area contributed by atoms with E-state index >= 15 is 0 Å². The van der Waals surface area contributed by atoms with Gasteiger partial charge in [-0.1, -0.05) is 48.5 Å². The van der Waals surface area contributed by atoms with Gasteiger partial charge in [0.2, 0.25) is 0 Å². The fourth-order valence-electron chi connectivity index (χ4n) is 3.64. The second-order valence-corrected chi connectivity index (χ2v) is 7.30. The van der Waals surface area contributed by atoms with E-state index in [1.54, 1.807) is 4.90 Å². The number of nitrogens with zero attached hydrogens (tertiary/aromatic N) is 2. The average Bonchev–Trinajstić information content (AvgIpc) is 2.80. The Labute approximate surface area is 177 Å². The summed E-state index contributed by atoms with van der Waals surface area (Å²) in [6.07, 6.45) is 0. The Morgan fingerprint density at radius 1 is 0.933 bits per heavy atom. The van der Waals surface area contributed by atoms with E-state index in [2.05, 4.69) is 17.0 Å². The monoisotopic (exact) mass is 402 g/mol. The van der Waals surface area contributed by atoms with Crippen molar-refractivity contribution in [3.63, 3.8) is 0 Å². The standard InChI is InChI=1S/C25H26N2O3/c1-26(19-20-9-5-7-13-23(20)27-15-17-29-18-16-27)25(28)22-12-6-8-14-24(22)30-21-10-3-2-4-11-21/h2-14H,15-19H2,1H3. The van der Waals surface area contributed by atoms with Crippen LogP contribution in [0.4, 0.5) is 5.69 Å². The normalized spacial score (nSPS) is 13.7. The molecule has 1 fully saturated rings. The lowest BCUT2D eigenvalue weighted by molar-refractivity contribution is 0.0782. The van der Waals surface area contributed by atoms with Gasteiger partial charge in [-0.25, -0.2) is 0 Å². The fourth-order valence-corrected chi connectivity index (χ4v) is 3.64. The van der Waals surface area contributed by atoms with Gasteiger partial charge >= 0.3 is 0 Å².